The van der Waals surface area contributed by atoms with E-state index in [0.29, 0.717) is 18.9 Å². The first-order valence-electron chi connectivity index (χ1n) is 6.65. The molecular weight excluding hydrogens is 262 g/mol. The molecule has 0 fully saturated rings. The van der Waals surface area contributed by atoms with Gasteiger partial charge >= 0.3 is 0 Å². The highest BCUT2D eigenvalue weighted by Gasteiger charge is 2.28. The van der Waals surface area contributed by atoms with Gasteiger partial charge in [-0.05, 0) is 39.3 Å². The number of nitrogens with zero attached hydrogens (tertiary/aromatic N) is 2. The van der Waals surface area contributed by atoms with Crippen molar-refractivity contribution in [2.24, 2.45) is 0 Å². The van der Waals surface area contributed by atoms with Gasteiger partial charge in [0.05, 0.1) is 0 Å². The first-order chi connectivity index (χ1) is 8.95. The first kappa shape index (κ1) is 15.9. The summed E-state index contributed by atoms with van der Waals surface area (Å²) >= 11 is 0. The Bertz CT molecular complexity index is 500. The zero-order valence-corrected chi connectivity index (χ0v) is 12.9. The topological polar surface area (TPSA) is 62.3 Å². The van der Waals surface area contributed by atoms with Gasteiger partial charge in [-0.15, -0.1) is 0 Å². The van der Waals surface area contributed by atoms with Crippen molar-refractivity contribution in [2.45, 2.75) is 45.1 Å². The van der Waals surface area contributed by atoms with Crippen molar-refractivity contribution < 1.29 is 8.42 Å². The molecule has 5 nitrogen and oxygen atoms in total. The summed E-state index contributed by atoms with van der Waals surface area (Å²) in [6.07, 6.45) is 2.38. The standard InChI is InChI=1S/C13H23N3O2S/c1-5-10-16(11(3)4)19(17,18)12-8-7-9-15-13(12)14-6-2/h7-9,11H,5-6,10H2,1-4H3,(H,14,15). The van der Waals surface area contributed by atoms with Crippen molar-refractivity contribution in [1.82, 2.24) is 9.29 Å². The van der Waals surface area contributed by atoms with E-state index in [4.69, 9.17) is 0 Å². The molecule has 0 bridgehead atoms. The molecule has 19 heavy (non-hydrogen) atoms. The maximum absolute atomic E-state index is 12.7. The Hall–Kier alpha value is -1.14. The predicted molar refractivity (Wildman–Crippen MR) is 77.7 cm³/mol. The normalized spacial score (nSPS) is 12.1. The molecule has 0 spiro atoms. The predicted octanol–water partition coefficient (Wildman–Crippen LogP) is 2.32. The van der Waals surface area contributed by atoms with Crippen LogP contribution < -0.4 is 5.32 Å². The fourth-order valence-electron chi connectivity index (χ4n) is 1.90. The van der Waals surface area contributed by atoms with Crippen LogP contribution in [0.1, 0.15) is 34.1 Å². The van der Waals surface area contributed by atoms with Gasteiger partial charge in [0.1, 0.15) is 10.7 Å². The van der Waals surface area contributed by atoms with Crippen LogP contribution in [-0.4, -0.2) is 36.8 Å². The number of pyridine rings is 1. The van der Waals surface area contributed by atoms with Gasteiger partial charge in [0.15, 0.2) is 0 Å². The second-order valence-corrected chi connectivity index (χ2v) is 6.45. The lowest BCUT2D eigenvalue weighted by Gasteiger charge is -2.26. The SMILES string of the molecule is CCCN(C(C)C)S(=O)(=O)c1cccnc1NCC. The minimum Gasteiger partial charge on any atom is -0.369 e. The molecule has 1 aromatic heterocycles. The molecule has 1 N–H and O–H groups in total. The van der Waals surface area contributed by atoms with Crippen LogP contribution in [0.3, 0.4) is 0 Å². The van der Waals surface area contributed by atoms with Gasteiger partial charge in [-0.1, -0.05) is 6.92 Å². The summed E-state index contributed by atoms with van der Waals surface area (Å²) in [5.41, 5.74) is 0. The highest BCUT2D eigenvalue weighted by atomic mass is 32.2. The summed E-state index contributed by atoms with van der Waals surface area (Å²) in [5.74, 6) is 0.423. The molecule has 0 aliphatic heterocycles. The zero-order chi connectivity index (χ0) is 14.5. The van der Waals surface area contributed by atoms with Crippen molar-refractivity contribution in [3.05, 3.63) is 18.3 Å². The van der Waals surface area contributed by atoms with Crippen molar-refractivity contribution in [1.29, 1.82) is 0 Å². The molecule has 0 saturated carbocycles. The zero-order valence-electron chi connectivity index (χ0n) is 12.0. The molecule has 0 aliphatic rings. The molecule has 0 atom stereocenters. The third-order valence-corrected chi connectivity index (χ3v) is 4.83. The first-order valence-corrected chi connectivity index (χ1v) is 8.09. The van der Waals surface area contributed by atoms with Gasteiger partial charge in [0.2, 0.25) is 10.0 Å². The molecule has 0 saturated heterocycles. The molecule has 0 radical (unpaired) electrons. The second kappa shape index (κ2) is 6.86. The van der Waals surface area contributed by atoms with Gasteiger partial charge in [0, 0.05) is 25.3 Å². The lowest BCUT2D eigenvalue weighted by atomic mass is 10.4. The maximum Gasteiger partial charge on any atom is 0.246 e. The van der Waals surface area contributed by atoms with Crippen LogP contribution in [0.2, 0.25) is 0 Å². The van der Waals surface area contributed by atoms with Gasteiger partial charge < -0.3 is 5.32 Å². The van der Waals surface area contributed by atoms with Crippen molar-refractivity contribution in [3.8, 4) is 0 Å². The fourth-order valence-corrected chi connectivity index (χ4v) is 3.75. The van der Waals surface area contributed by atoms with E-state index in [2.05, 4.69) is 10.3 Å². The quantitative estimate of drug-likeness (QED) is 0.835. The van der Waals surface area contributed by atoms with E-state index in [0.717, 1.165) is 6.42 Å². The third-order valence-electron chi connectivity index (χ3n) is 2.72. The molecule has 0 unspecified atom stereocenters. The minimum atomic E-state index is -3.51. The molecule has 1 heterocycles. The lowest BCUT2D eigenvalue weighted by molar-refractivity contribution is 0.354. The van der Waals surface area contributed by atoms with Crippen LogP contribution in [0, 0.1) is 0 Å². The van der Waals surface area contributed by atoms with E-state index in [1.165, 1.54) is 4.31 Å². The van der Waals surface area contributed by atoms with Crippen molar-refractivity contribution >= 4 is 15.8 Å². The van der Waals surface area contributed by atoms with Gasteiger partial charge in [-0.2, -0.15) is 4.31 Å². The highest BCUT2D eigenvalue weighted by molar-refractivity contribution is 7.89. The number of anilines is 1. The van der Waals surface area contributed by atoms with Crippen LogP contribution in [0.4, 0.5) is 5.82 Å². The van der Waals surface area contributed by atoms with E-state index in [-0.39, 0.29) is 10.9 Å². The Morgan fingerprint density at radius 3 is 2.58 bits per heavy atom. The van der Waals surface area contributed by atoms with E-state index in [9.17, 15) is 8.42 Å². The molecule has 0 aromatic carbocycles. The monoisotopic (exact) mass is 285 g/mol. The smallest absolute Gasteiger partial charge is 0.246 e. The van der Waals surface area contributed by atoms with Crippen LogP contribution in [0.15, 0.2) is 23.2 Å². The molecule has 108 valence electrons. The molecule has 1 aromatic rings. The van der Waals surface area contributed by atoms with E-state index < -0.39 is 10.0 Å². The molecular formula is C13H23N3O2S. The minimum absolute atomic E-state index is 0.0698. The largest absolute Gasteiger partial charge is 0.369 e. The van der Waals surface area contributed by atoms with Crippen LogP contribution in [-0.2, 0) is 10.0 Å². The van der Waals surface area contributed by atoms with Gasteiger partial charge in [-0.25, -0.2) is 13.4 Å². The summed E-state index contributed by atoms with van der Waals surface area (Å²) in [4.78, 5) is 4.37. The molecule has 0 amide bonds. The summed E-state index contributed by atoms with van der Waals surface area (Å²) in [6, 6.07) is 3.18. The summed E-state index contributed by atoms with van der Waals surface area (Å²) in [5, 5.41) is 3.00. The summed E-state index contributed by atoms with van der Waals surface area (Å²) < 4.78 is 26.9. The van der Waals surface area contributed by atoms with Crippen molar-refractivity contribution in [3.63, 3.8) is 0 Å². The number of sulfonamides is 1. The number of rotatable bonds is 7. The second-order valence-electron chi connectivity index (χ2n) is 4.59. The molecule has 0 aliphatic carbocycles. The number of hydrogen-bond acceptors (Lipinski definition) is 4. The van der Waals surface area contributed by atoms with Gasteiger partial charge in [0.25, 0.3) is 0 Å². The maximum atomic E-state index is 12.7. The van der Waals surface area contributed by atoms with E-state index in [1.807, 2.05) is 27.7 Å². The Morgan fingerprint density at radius 2 is 2.05 bits per heavy atom. The fraction of sp³-hybridized carbons (Fsp3) is 0.615. The molecule has 6 heteroatoms. The Balaban J connectivity index is 3.25. The van der Waals surface area contributed by atoms with Crippen LogP contribution in [0.5, 0.6) is 0 Å². The number of hydrogen-bond donors (Lipinski definition) is 1. The Labute approximate surface area is 116 Å². The van der Waals surface area contributed by atoms with E-state index in [1.54, 1.807) is 18.3 Å². The van der Waals surface area contributed by atoms with E-state index >= 15 is 0 Å². The lowest BCUT2D eigenvalue weighted by Crippen LogP contribution is -2.37. The summed E-state index contributed by atoms with van der Waals surface area (Å²) in [7, 11) is -3.51. The van der Waals surface area contributed by atoms with Crippen molar-refractivity contribution in [2.75, 3.05) is 18.4 Å². The van der Waals surface area contributed by atoms with Crippen LogP contribution in [0.25, 0.3) is 0 Å². The third kappa shape index (κ3) is 3.67. The highest BCUT2D eigenvalue weighted by Crippen LogP contribution is 2.24. The van der Waals surface area contributed by atoms with Gasteiger partial charge in [-0.3, -0.25) is 0 Å². The average Bonchev–Trinajstić information content (AvgIpc) is 2.36. The number of nitrogens with one attached hydrogen (secondary N) is 1. The number of aromatic nitrogens is 1. The van der Waals surface area contributed by atoms with Crippen LogP contribution >= 0.6 is 0 Å². The molecule has 1 rings (SSSR count). The average molecular weight is 285 g/mol. The Morgan fingerprint density at radius 1 is 1.37 bits per heavy atom. The summed E-state index contributed by atoms with van der Waals surface area (Å²) in [6.45, 7) is 8.80. The Kier molecular flexibility index (Phi) is 5.75.